The SMILES string of the molecule is OON1OCC2Cc3ccccc3C2O1. The van der Waals surface area contributed by atoms with Crippen molar-refractivity contribution in [2.45, 2.75) is 12.5 Å². The van der Waals surface area contributed by atoms with Crippen LogP contribution in [0.3, 0.4) is 0 Å². The third-order valence-electron chi connectivity index (χ3n) is 2.93. The molecule has 0 amide bonds. The van der Waals surface area contributed by atoms with E-state index in [9.17, 15) is 0 Å². The van der Waals surface area contributed by atoms with Crippen LogP contribution in [0.15, 0.2) is 24.3 Å². The summed E-state index contributed by atoms with van der Waals surface area (Å²) in [6.45, 7) is 0.486. The smallest absolute Gasteiger partial charge is 0.115 e. The average molecular weight is 209 g/mol. The first-order chi connectivity index (χ1) is 7.38. The van der Waals surface area contributed by atoms with Gasteiger partial charge in [0.2, 0.25) is 0 Å². The zero-order chi connectivity index (χ0) is 10.3. The van der Waals surface area contributed by atoms with E-state index < -0.39 is 0 Å². The van der Waals surface area contributed by atoms with Crippen LogP contribution in [0.4, 0.5) is 0 Å². The molecule has 5 nitrogen and oxygen atoms in total. The third-order valence-corrected chi connectivity index (χ3v) is 2.93. The molecule has 3 rings (SSSR count). The molecule has 0 radical (unpaired) electrons. The first-order valence-corrected chi connectivity index (χ1v) is 4.87. The molecule has 0 aromatic heterocycles. The summed E-state index contributed by atoms with van der Waals surface area (Å²) in [6.07, 6.45) is 0.863. The summed E-state index contributed by atoms with van der Waals surface area (Å²) in [6, 6.07) is 8.10. The largest absolute Gasteiger partial charge is 0.248 e. The molecule has 2 atom stereocenters. The van der Waals surface area contributed by atoms with Crippen molar-refractivity contribution < 1.29 is 19.9 Å². The van der Waals surface area contributed by atoms with Gasteiger partial charge in [0.05, 0.1) is 6.61 Å². The Kier molecular flexibility index (Phi) is 2.19. The minimum atomic E-state index is -0.0814. The predicted octanol–water partition coefficient (Wildman–Crippen LogP) is 1.48. The van der Waals surface area contributed by atoms with Crippen LogP contribution in [-0.4, -0.2) is 17.3 Å². The van der Waals surface area contributed by atoms with Gasteiger partial charge in [-0.1, -0.05) is 29.3 Å². The lowest BCUT2D eigenvalue weighted by Crippen LogP contribution is -2.36. The van der Waals surface area contributed by atoms with Crippen molar-refractivity contribution in [2.75, 3.05) is 6.61 Å². The molecule has 1 fully saturated rings. The molecule has 1 aromatic rings. The van der Waals surface area contributed by atoms with Crippen molar-refractivity contribution in [2.24, 2.45) is 5.92 Å². The predicted molar refractivity (Wildman–Crippen MR) is 49.0 cm³/mol. The van der Waals surface area contributed by atoms with E-state index in [4.69, 9.17) is 14.9 Å². The zero-order valence-electron chi connectivity index (χ0n) is 8.00. The Balaban J connectivity index is 1.89. The number of hydrogen-bond donors (Lipinski definition) is 1. The minimum absolute atomic E-state index is 0.0814. The van der Waals surface area contributed by atoms with Crippen LogP contribution in [-0.2, 0) is 21.1 Å². The van der Waals surface area contributed by atoms with Crippen LogP contribution in [0.1, 0.15) is 17.2 Å². The van der Waals surface area contributed by atoms with Crippen LogP contribution in [0.2, 0.25) is 0 Å². The van der Waals surface area contributed by atoms with Crippen LogP contribution < -0.4 is 0 Å². The first-order valence-electron chi connectivity index (χ1n) is 4.87. The standard InChI is InChI=1S/C10H11NO4/c12-15-11-13-6-8-5-7-3-1-2-4-9(7)10(8)14-11/h1-4,8,10,12H,5-6H2. The van der Waals surface area contributed by atoms with Gasteiger partial charge in [0, 0.05) is 5.92 Å². The molecule has 1 N–H and O–H groups in total. The van der Waals surface area contributed by atoms with Gasteiger partial charge in [-0.05, 0) is 17.5 Å². The van der Waals surface area contributed by atoms with E-state index in [0.29, 0.717) is 17.9 Å². The van der Waals surface area contributed by atoms with Crippen molar-refractivity contribution in [1.29, 1.82) is 0 Å². The zero-order valence-corrected chi connectivity index (χ0v) is 8.00. The van der Waals surface area contributed by atoms with Gasteiger partial charge in [-0.2, -0.15) is 0 Å². The van der Waals surface area contributed by atoms with Gasteiger partial charge in [-0.25, -0.2) is 14.9 Å². The van der Waals surface area contributed by atoms with Crippen molar-refractivity contribution in [3.8, 4) is 0 Å². The second-order valence-corrected chi connectivity index (χ2v) is 3.79. The highest BCUT2D eigenvalue weighted by atomic mass is 17.4. The van der Waals surface area contributed by atoms with Crippen molar-refractivity contribution >= 4 is 0 Å². The fourth-order valence-corrected chi connectivity index (χ4v) is 2.25. The average Bonchev–Trinajstić information content (AvgIpc) is 2.66. The van der Waals surface area contributed by atoms with Gasteiger partial charge in [-0.3, -0.25) is 0 Å². The Labute approximate surface area is 86.6 Å². The molecule has 0 saturated carbocycles. The van der Waals surface area contributed by atoms with E-state index in [2.05, 4.69) is 11.1 Å². The van der Waals surface area contributed by atoms with Gasteiger partial charge in [0.15, 0.2) is 0 Å². The van der Waals surface area contributed by atoms with E-state index in [1.54, 1.807) is 0 Å². The number of hydrogen-bond acceptors (Lipinski definition) is 5. The maximum absolute atomic E-state index is 8.43. The second kappa shape index (κ2) is 3.55. The van der Waals surface area contributed by atoms with Crippen LogP contribution >= 0.6 is 0 Å². The van der Waals surface area contributed by atoms with Gasteiger partial charge < -0.3 is 0 Å². The highest BCUT2D eigenvalue weighted by Gasteiger charge is 2.39. The first kappa shape index (κ1) is 9.26. The van der Waals surface area contributed by atoms with Crippen molar-refractivity contribution in [3.05, 3.63) is 35.4 Å². The molecule has 0 spiro atoms. The molecule has 80 valence electrons. The van der Waals surface area contributed by atoms with E-state index >= 15 is 0 Å². The van der Waals surface area contributed by atoms with Gasteiger partial charge in [0.25, 0.3) is 0 Å². The monoisotopic (exact) mass is 209 g/mol. The molecule has 0 bridgehead atoms. The maximum Gasteiger partial charge on any atom is 0.115 e. The lowest BCUT2D eigenvalue weighted by molar-refractivity contribution is -0.639. The summed E-state index contributed by atoms with van der Waals surface area (Å²) in [5.74, 6) is 0.300. The molecular weight excluding hydrogens is 198 g/mol. The molecule has 2 unspecified atom stereocenters. The Morgan fingerprint density at radius 1 is 1.40 bits per heavy atom. The topological polar surface area (TPSA) is 51.2 Å². The highest BCUT2D eigenvalue weighted by Crippen LogP contribution is 2.41. The number of nitrogens with zero attached hydrogens (tertiary/aromatic N) is 1. The van der Waals surface area contributed by atoms with Crippen LogP contribution in [0.5, 0.6) is 0 Å². The van der Waals surface area contributed by atoms with E-state index in [-0.39, 0.29) is 6.10 Å². The molecule has 1 saturated heterocycles. The lowest BCUT2D eigenvalue weighted by Gasteiger charge is -2.30. The molecule has 1 aromatic carbocycles. The summed E-state index contributed by atoms with van der Waals surface area (Å²) < 4.78 is 0. The molecule has 1 aliphatic heterocycles. The number of rotatable bonds is 1. The van der Waals surface area contributed by atoms with Gasteiger partial charge in [0.1, 0.15) is 11.5 Å². The quantitative estimate of drug-likeness (QED) is 0.561. The molecule has 1 heterocycles. The fraction of sp³-hybridized carbons (Fsp3) is 0.400. The third kappa shape index (κ3) is 1.45. The summed E-state index contributed by atoms with van der Waals surface area (Å²) >= 11 is 0. The van der Waals surface area contributed by atoms with Gasteiger partial charge >= 0.3 is 0 Å². The summed E-state index contributed by atoms with van der Waals surface area (Å²) in [4.78, 5) is 14.2. The van der Waals surface area contributed by atoms with Crippen LogP contribution in [0, 0.1) is 5.92 Å². The molecule has 1 aliphatic carbocycles. The summed E-state index contributed by atoms with van der Waals surface area (Å²) in [5, 5.41) is 9.09. The van der Waals surface area contributed by atoms with Crippen molar-refractivity contribution in [1.82, 2.24) is 5.39 Å². The van der Waals surface area contributed by atoms with Crippen LogP contribution in [0.25, 0.3) is 0 Å². The Morgan fingerprint density at radius 3 is 3.13 bits per heavy atom. The van der Waals surface area contributed by atoms with E-state index in [1.165, 1.54) is 5.56 Å². The Morgan fingerprint density at radius 2 is 2.27 bits per heavy atom. The van der Waals surface area contributed by atoms with E-state index in [1.807, 2.05) is 18.2 Å². The Bertz CT molecular complexity index is 370. The Hall–Kier alpha value is -0.980. The minimum Gasteiger partial charge on any atom is -0.248 e. The highest BCUT2D eigenvalue weighted by molar-refractivity contribution is 5.34. The van der Waals surface area contributed by atoms with E-state index in [0.717, 1.165) is 12.0 Å². The fourth-order valence-electron chi connectivity index (χ4n) is 2.25. The molecule has 2 aliphatic rings. The molecule has 15 heavy (non-hydrogen) atoms. The number of fused-ring (bicyclic) bond motifs is 3. The lowest BCUT2D eigenvalue weighted by atomic mass is 10.0. The summed E-state index contributed by atoms with van der Waals surface area (Å²) in [7, 11) is 0. The maximum atomic E-state index is 8.43. The summed E-state index contributed by atoms with van der Waals surface area (Å²) in [5.41, 5.74) is 2.42. The molecular formula is C10H11NO4. The normalized spacial score (nSPS) is 29.9. The van der Waals surface area contributed by atoms with Crippen molar-refractivity contribution in [3.63, 3.8) is 0 Å². The number of benzene rings is 1. The second-order valence-electron chi connectivity index (χ2n) is 3.79. The van der Waals surface area contributed by atoms with Gasteiger partial charge in [-0.15, -0.1) is 0 Å². The molecule has 5 heteroatoms.